The molecule has 0 aromatic heterocycles. The van der Waals surface area contributed by atoms with Gasteiger partial charge in [-0.05, 0) is 0 Å². The highest BCUT2D eigenvalue weighted by Crippen LogP contribution is 1.78. The summed E-state index contributed by atoms with van der Waals surface area (Å²) in [7, 11) is 0. The molecule has 0 rings (SSSR count). The van der Waals surface area contributed by atoms with Gasteiger partial charge in [0.05, 0.1) is 0 Å². The number of aliphatic hydroxyl groups is 2. The van der Waals surface area contributed by atoms with Crippen molar-refractivity contribution < 1.29 is 10.2 Å². The molecule has 40 valence electrons. The van der Waals surface area contributed by atoms with Crippen LogP contribution in [0.5, 0.6) is 0 Å². The van der Waals surface area contributed by atoms with Crippen LogP contribution in [0.1, 0.15) is 0 Å². The van der Waals surface area contributed by atoms with E-state index < -0.39 is 12.3 Å². The quantitative estimate of drug-likeness (QED) is 0.271. The Labute approximate surface area is 41.8 Å². The smallest absolute Gasteiger partial charge is 0.178 e. The summed E-state index contributed by atoms with van der Waals surface area (Å²) < 4.78 is 0. The van der Waals surface area contributed by atoms with Crippen molar-refractivity contribution in [2.75, 3.05) is 0 Å². The lowest BCUT2D eigenvalue weighted by atomic mass is 10.3. The highest BCUT2D eigenvalue weighted by molar-refractivity contribution is 4.97. The van der Waals surface area contributed by atoms with Gasteiger partial charge in [-0.2, -0.15) is 0 Å². The zero-order valence-corrected chi connectivity index (χ0v) is 3.70. The molecule has 0 saturated heterocycles. The van der Waals surface area contributed by atoms with Gasteiger partial charge >= 0.3 is 0 Å². The second kappa shape index (κ2) is 2.59. The van der Waals surface area contributed by atoms with Crippen LogP contribution in [0.3, 0.4) is 0 Å². The maximum absolute atomic E-state index is 8.11. The number of terminal acetylenes is 1. The van der Waals surface area contributed by atoms with Gasteiger partial charge in [-0.25, -0.2) is 0 Å². The van der Waals surface area contributed by atoms with Crippen LogP contribution in [0.15, 0.2) is 0 Å². The van der Waals surface area contributed by atoms with Crippen molar-refractivity contribution in [1.29, 1.82) is 0 Å². The van der Waals surface area contributed by atoms with E-state index in [2.05, 4.69) is 6.42 Å². The van der Waals surface area contributed by atoms with Gasteiger partial charge in [0, 0.05) is 0 Å². The monoisotopic (exact) mass is 101 g/mol. The fraction of sp³-hybridized carbons (Fsp3) is 0.500. The van der Waals surface area contributed by atoms with E-state index in [0.717, 1.165) is 0 Å². The molecule has 0 fully saturated rings. The molecule has 0 bridgehead atoms. The molecule has 0 aliphatic heterocycles. The summed E-state index contributed by atoms with van der Waals surface area (Å²) >= 11 is 0. The van der Waals surface area contributed by atoms with Crippen LogP contribution in [0.25, 0.3) is 0 Å². The predicted molar refractivity (Wildman–Crippen MR) is 25.0 cm³/mol. The Morgan fingerprint density at radius 1 is 1.57 bits per heavy atom. The molecule has 3 nitrogen and oxygen atoms in total. The number of aliphatic hydroxyl groups excluding tert-OH is 1. The first-order chi connectivity index (χ1) is 3.18. The van der Waals surface area contributed by atoms with E-state index in [1.165, 1.54) is 0 Å². The van der Waals surface area contributed by atoms with Crippen molar-refractivity contribution in [2.45, 2.75) is 12.3 Å². The number of rotatable bonds is 1. The fourth-order valence-corrected chi connectivity index (χ4v) is 0.0861. The van der Waals surface area contributed by atoms with Crippen LogP contribution in [-0.4, -0.2) is 22.5 Å². The van der Waals surface area contributed by atoms with Crippen LogP contribution in [0.2, 0.25) is 0 Å². The lowest BCUT2D eigenvalue weighted by molar-refractivity contribution is -0.0455. The van der Waals surface area contributed by atoms with E-state index in [0.29, 0.717) is 0 Å². The maximum Gasteiger partial charge on any atom is 0.178 e. The van der Waals surface area contributed by atoms with Crippen molar-refractivity contribution in [3.8, 4) is 12.3 Å². The minimum Gasteiger partial charge on any atom is -0.366 e. The number of hydrogen-bond donors (Lipinski definition) is 3. The highest BCUT2D eigenvalue weighted by atomic mass is 16.5. The predicted octanol–water partition coefficient (Wildman–Crippen LogP) is -1.74. The molecule has 0 radical (unpaired) electrons. The van der Waals surface area contributed by atoms with Gasteiger partial charge in [-0.15, -0.1) is 6.42 Å². The van der Waals surface area contributed by atoms with Gasteiger partial charge in [0.25, 0.3) is 0 Å². The summed E-state index contributed by atoms with van der Waals surface area (Å²) in [6, 6.07) is -0.958. The Balaban J connectivity index is 3.40. The third kappa shape index (κ3) is 2.18. The zero-order valence-electron chi connectivity index (χ0n) is 3.70. The fourth-order valence-electron chi connectivity index (χ4n) is 0.0861. The molecule has 1 unspecified atom stereocenters. The van der Waals surface area contributed by atoms with Crippen LogP contribution >= 0.6 is 0 Å². The second-order valence-electron chi connectivity index (χ2n) is 1.11. The standard InChI is InChI=1S/C4H7NO2/c1-2-3(5)4(6)7/h1,3-4,6-7H,5H2. The molecule has 7 heavy (non-hydrogen) atoms. The van der Waals surface area contributed by atoms with E-state index in [9.17, 15) is 0 Å². The third-order valence-electron chi connectivity index (χ3n) is 0.514. The van der Waals surface area contributed by atoms with Gasteiger partial charge in [0.1, 0.15) is 6.04 Å². The number of nitrogens with two attached hydrogens (primary N) is 1. The molecule has 0 aliphatic carbocycles. The number of hydrogen-bond acceptors (Lipinski definition) is 3. The van der Waals surface area contributed by atoms with Gasteiger partial charge in [0.2, 0.25) is 0 Å². The molecule has 4 N–H and O–H groups in total. The van der Waals surface area contributed by atoms with E-state index in [1.54, 1.807) is 0 Å². The molecule has 0 heterocycles. The van der Waals surface area contributed by atoms with E-state index in [-0.39, 0.29) is 0 Å². The van der Waals surface area contributed by atoms with Crippen LogP contribution in [0, 0.1) is 12.3 Å². The molecule has 0 aliphatic rings. The van der Waals surface area contributed by atoms with Gasteiger partial charge in [-0.1, -0.05) is 5.92 Å². The molecule has 1 atom stereocenters. The van der Waals surface area contributed by atoms with Crippen LogP contribution < -0.4 is 5.73 Å². The molecule has 0 aromatic carbocycles. The van der Waals surface area contributed by atoms with Gasteiger partial charge < -0.3 is 15.9 Å². The zero-order chi connectivity index (χ0) is 5.86. The SMILES string of the molecule is C#CC(N)C(O)O. The van der Waals surface area contributed by atoms with Crippen molar-refractivity contribution >= 4 is 0 Å². The lowest BCUT2D eigenvalue weighted by Gasteiger charge is -2.03. The summed E-state index contributed by atoms with van der Waals surface area (Å²) in [6.07, 6.45) is 3.09. The first kappa shape index (κ1) is 6.44. The maximum atomic E-state index is 8.11. The molecular formula is C4H7NO2. The minimum absolute atomic E-state index is 0.958. The van der Waals surface area contributed by atoms with E-state index in [4.69, 9.17) is 15.9 Å². The van der Waals surface area contributed by atoms with Crippen LogP contribution in [-0.2, 0) is 0 Å². The second-order valence-corrected chi connectivity index (χ2v) is 1.11. The molecule has 0 spiro atoms. The van der Waals surface area contributed by atoms with Gasteiger partial charge in [0.15, 0.2) is 6.29 Å². The summed E-state index contributed by atoms with van der Waals surface area (Å²) in [5.74, 6) is 1.94. The van der Waals surface area contributed by atoms with Crippen molar-refractivity contribution in [1.82, 2.24) is 0 Å². The topological polar surface area (TPSA) is 66.5 Å². The summed E-state index contributed by atoms with van der Waals surface area (Å²) in [4.78, 5) is 0. The van der Waals surface area contributed by atoms with Crippen molar-refractivity contribution in [3.63, 3.8) is 0 Å². The average Bonchev–Trinajstić information content (AvgIpc) is 1.65. The minimum atomic E-state index is -1.59. The summed E-state index contributed by atoms with van der Waals surface area (Å²) in [5, 5.41) is 16.2. The highest BCUT2D eigenvalue weighted by Gasteiger charge is 2.04. The normalized spacial score (nSPS) is 13.6. The Kier molecular flexibility index (Phi) is 2.38. The summed E-state index contributed by atoms with van der Waals surface area (Å²) in [6.45, 7) is 0. The van der Waals surface area contributed by atoms with E-state index in [1.807, 2.05) is 5.92 Å². The molecule has 3 heteroatoms. The Bertz CT molecular complexity index is 84.2. The van der Waals surface area contributed by atoms with Crippen LogP contribution in [0.4, 0.5) is 0 Å². The lowest BCUT2D eigenvalue weighted by Crippen LogP contribution is -2.32. The Morgan fingerprint density at radius 3 is 2.00 bits per heavy atom. The molecule has 0 amide bonds. The molecule has 0 saturated carbocycles. The molecule has 0 aromatic rings. The van der Waals surface area contributed by atoms with E-state index >= 15 is 0 Å². The summed E-state index contributed by atoms with van der Waals surface area (Å²) in [5.41, 5.74) is 4.88. The Hall–Kier alpha value is -0.560. The van der Waals surface area contributed by atoms with Gasteiger partial charge in [-0.3, -0.25) is 0 Å². The van der Waals surface area contributed by atoms with Crippen molar-refractivity contribution in [3.05, 3.63) is 0 Å². The largest absolute Gasteiger partial charge is 0.366 e. The molecular weight excluding hydrogens is 94.0 g/mol. The first-order valence-electron chi connectivity index (χ1n) is 1.76. The Morgan fingerprint density at radius 2 is 2.00 bits per heavy atom. The average molecular weight is 101 g/mol. The first-order valence-corrected chi connectivity index (χ1v) is 1.76. The third-order valence-corrected chi connectivity index (χ3v) is 0.514. The van der Waals surface area contributed by atoms with Crippen molar-refractivity contribution in [2.24, 2.45) is 5.73 Å².